The minimum absolute atomic E-state index is 0.0213. The Morgan fingerprint density at radius 1 is 1.24 bits per heavy atom. The average molecular weight is 355 g/mol. The van der Waals surface area contributed by atoms with Crippen LogP contribution >= 0.6 is 11.8 Å². The molecule has 0 saturated carbocycles. The van der Waals surface area contributed by atoms with E-state index in [0.29, 0.717) is 18.7 Å². The predicted molar refractivity (Wildman–Crippen MR) is 99.9 cm³/mol. The molecule has 0 spiro atoms. The maximum Gasteiger partial charge on any atom is 0.253 e. The van der Waals surface area contributed by atoms with Crippen LogP contribution in [0.1, 0.15) is 23.0 Å². The monoisotopic (exact) mass is 355 g/mol. The van der Waals surface area contributed by atoms with E-state index in [2.05, 4.69) is 4.98 Å². The summed E-state index contributed by atoms with van der Waals surface area (Å²) < 4.78 is 2.01. The van der Waals surface area contributed by atoms with Gasteiger partial charge in [-0.25, -0.2) is 4.98 Å². The van der Waals surface area contributed by atoms with Crippen molar-refractivity contribution in [3.63, 3.8) is 0 Å². The van der Waals surface area contributed by atoms with Crippen molar-refractivity contribution in [1.29, 1.82) is 0 Å². The molecule has 2 aromatic heterocycles. The number of benzene rings is 1. The number of imidazole rings is 1. The van der Waals surface area contributed by atoms with Crippen molar-refractivity contribution in [1.82, 2.24) is 14.3 Å². The fraction of sp³-hybridized carbons (Fsp3) is 0.263. The van der Waals surface area contributed by atoms with Gasteiger partial charge in [-0.05, 0) is 43.3 Å². The van der Waals surface area contributed by atoms with Gasteiger partial charge >= 0.3 is 0 Å². The Labute approximate surface area is 151 Å². The second-order valence-corrected chi connectivity index (χ2v) is 6.67. The molecule has 0 aliphatic rings. The summed E-state index contributed by atoms with van der Waals surface area (Å²) in [6.07, 6.45) is 4.02. The molecule has 0 aliphatic heterocycles. The van der Waals surface area contributed by atoms with E-state index in [1.165, 1.54) is 0 Å². The Hall–Kier alpha value is -2.31. The molecule has 0 fully saturated rings. The molecule has 0 aliphatic carbocycles. The molecule has 2 heterocycles. The number of aliphatic hydroxyl groups is 1. The summed E-state index contributed by atoms with van der Waals surface area (Å²) in [5, 5.41) is 9.03. The molecule has 5 nitrogen and oxygen atoms in total. The lowest BCUT2D eigenvalue weighted by atomic mass is 10.2. The number of aromatic nitrogens is 2. The number of hydrogen-bond acceptors (Lipinski definition) is 4. The molecular weight excluding hydrogens is 334 g/mol. The summed E-state index contributed by atoms with van der Waals surface area (Å²) in [4.78, 5) is 19.7. The number of carbonyl (C=O) groups is 1. The van der Waals surface area contributed by atoms with E-state index in [1.807, 2.05) is 66.2 Å². The summed E-state index contributed by atoms with van der Waals surface area (Å²) in [5.41, 5.74) is 2.62. The van der Waals surface area contributed by atoms with Crippen LogP contribution in [0.4, 0.5) is 0 Å². The SMILES string of the molecule is CCN(CCO)C(=O)c1ccc(SCc2cn3ccccc3n2)cc1. The number of nitrogens with zero attached hydrogens (tertiary/aromatic N) is 3. The van der Waals surface area contributed by atoms with E-state index in [1.54, 1.807) is 16.7 Å². The minimum Gasteiger partial charge on any atom is -0.395 e. The molecule has 3 rings (SSSR count). The molecule has 1 N–H and O–H groups in total. The Morgan fingerprint density at radius 2 is 2.04 bits per heavy atom. The number of fused-ring (bicyclic) bond motifs is 1. The van der Waals surface area contributed by atoms with Crippen molar-refractivity contribution < 1.29 is 9.90 Å². The first-order valence-corrected chi connectivity index (χ1v) is 9.25. The number of carbonyl (C=O) groups excluding carboxylic acids is 1. The number of aliphatic hydroxyl groups excluding tert-OH is 1. The number of amides is 1. The van der Waals surface area contributed by atoms with Gasteiger partial charge in [0.05, 0.1) is 12.3 Å². The number of rotatable bonds is 7. The van der Waals surface area contributed by atoms with Gasteiger partial charge in [0.15, 0.2) is 0 Å². The highest BCUT2D eigenvalue weighted by Crippen LogP contribution is 2.23. The van der Waals surface area contributed by atoms with E-state index in [0.717, 1.165) is 22.0 Å². The third kappa shape index (κ3) is 4.21. The van der Waals surface area contributed by atoms with Gasteiger partial charge in [0.25, 0.3) is 5.91 Å². The standard InChI is InChI=1S/C19H21N3O2S/c1-2-21(11-12-23)19(24)15-6-8-17(9-7-15)25-14-16-13-22-10-4-3-5-18(22)20-16/h3-10,13,23H,2,11-12,14H2,1H3. The van der Waals surface area contributed by atoms with Gasteiger partial charge in [0, 0.05) is 41.7 Å². The average Bonchev–Trinajstić information content (AvgIpc) is 3.07. The fourth-order valence-corrected chi connectivity index (χ4v) is 3.40. The number of hydrogen-bond donors (Lipinski definition) is 1. The molecule has 0 atom stereocenters. The first-order valence-electron chi connectivity index (χ1n) is 8.27. The van der Waals surface area contributed by atoms with Gasteiger partial charge in [-0.1, -0.05) is 6.07 Å². The zero-order valence-corrected chi connectivity index (χ0v) is 14.9. The molecule has 25 heavy (non-hydrogen) atoms. The zero-order chi connectivity index (χ0) is 17.6. The van der Waals surface area contributed by atoms with Gasteiger partial charge in [-0.2, -0.15) is 0 Å². The molecule has 0 bridgehead atoms. The molecule has 0 unspecified atom stereocenters. The van der Waals surface area contributed by atoms with E-state index >= 15 is 0 Å². The summed E-state index contributed by atoms with van der Waals surface area (Å²) in [5.74, 6) is 0.731. The minimum atomic E-state index is -0.0477. The fourth-order valence-electron chi connectivity index (χ4n) is 2.61. The molecule has 0 saturated heterocycles. The first kappa shape index (κ1) is 17.5. The quantitative estimate of drug-likeness (QED) is 0.662. The molecule has 6 heteroatoms. The first-order chi connectivity index (χ1) is 12.2. The van der Waals surface area contributed by atoms with Crippen molar-refractivity contribution in [2.45, 2.75) is 17.6 Å². The van der Waals surface area contributed by atoms with Crippen LogP contribution in [0.5, 0.6) is 0 Å². The highest BCUT2D eigenvalue weighted by molar-refractivity contribution is 7.98. The highest BCUT2D eigenvalue weighted by Gasteiger charge is 2.13. The van der Waals surface area contributed by atoms with Crippen LogP contribution in [0.25, 0.3) is 5.65 Å². The maximum atomic E-state index is 12.4. The van der Waals surface area contributed by atoms with Crippen LogP contribution in [0.3, 0.4) is 0 Å². The van der Waals surface area contributed by atoms with Crippen molar-refractivity contribution >= 4 is 23.3 Å². The van der Waals surface area contributed by atoms with Gasteiger partial charge in [0.1, 0.15) is 5.65 Å². The summed E-state index contributed by atoms with van der Waals surface area (Å²) in [7, 11) is 0. The van der Waals surface area contributed by atoms with Crippen LogP contribution in [0.2, 0.25) is 0 Å². The molecule has 0 radical (unpaired) electrons. The van der Waals surface area contributed by atoms with Crippen molar-refractivity contribution in [2.75, 3.05) is 19.7 Å². The number of pyridine rings is 1. The molecule has 130 valence electrons. The van der Waals surface area contributed by atoms with Crippen LogP contribution in [-0.2, 0) is 5.75 Å². The number of thioether (sulfide) groups is 1. The Kier molecular flexibility index (Phi) is 5.73. The van der Waals surface area contributed by atoms with Crippen LogP contribution < -0.4 is 0 Å². The summed E-state index contributed by atoms with van der Waals surface area (Å²) >= 11 is 1.69. The second-order valence-electron chi connectivity index (χ2n) is 5.62. The summed E-state index contributed by atoms with van der Waals surface area (Å²) in [6, 6.07) is 13.5. The predicted octanol–water partition coefficient (Wildman–Crippen LogP) is 3.08. The lowest BCUT2D eigenvalue weighted by Gasteiger charge is -2.19. The maximum absolute atomic E-state index is 12.4. The summed E-state index contributed by atoms with van der Waals surface area (Å²) in [6.45, 7) is 2.84. The topological polar surface area (TPSA) is 57.8 Å². The second kappa shape index (κ2) is 8.18. The largest absolute Gasteiger partial charge is 0.395 e. The molecule has 1 amide bonds. The van der Waals surface area contributed by atoms with Gasteiger partial charge in [-0.3, -0.25) is 4.79 Å². The van der Waals surface area contributed by atoms with E-state index in [4.69, 9.17) is 5.11 Å². The van der Waals surface area contributed by atoms with Crippen molar-refractivity contribution in [3.8, 4) is 0 Å². The highest BCUT2D eigenvalue weighted by atomic mass is 32.2. The van der Waals surface area contributed by atoms with Gasteiger partial charge in [0.2, 0.25) is 0 Å². The normalized spacial score (nSPS) is 11.0. The molecule has 1 aromatic carbocycles. The Bertz CT molecular complexity index is 812. The Balaban J connectivity index is 1.63. The molecule has 3 aromatic rings. The van der Waals surface area contributed by atoms with E-state index in [-0.39, 0.29) is 12.5 Å². The van der Waals surface area contributed by atoms with Crippen molar-refractivity contribution in [3.05, 3.63) is 66.1 Å². The van der Waals surface area contributed by atoms with Gasteiger partial charge in [-0.15, -0.1) is 11.8 Å². The zero-order valence-electron chi connectivity index (χ0n) is 14.1. The lowest BCUT2D eigenvalue weighted by Crippen LogP contribution is -2.33. The Morgan fingerprint density at radius 3 is 2.72 bits per heavy atom. The van der Waals surface area contributed by atoms with Crippen LogP contribution in [0, 0.1) is 0 Å². The van der Waals surface area contributed by atoms with Crippen LogP contribution in [0.15, 0.2) is 59.8 Å². The van der Waals surface area contributed by atoms with E-state index in [9.17, 15) is 4.79 Å². The number of likely N-dealkylation sites (N-methyl/N-ethyl adjacent to an activating group) is 1. The third-order valence-electron chi connectivity index (χ3n) is 3.94. The van der Waals surface area contributed by atoms with Gasteiger partial charge < -0.3 is 14.4 Å². The smallest absolute Gasteiger partial charge is 0.253 e. The lowest BCUT2D eigenvalue weighted by molar-refractivity contribution is 0.0732. The van der Waals surface area contributed by atoms with Crippen molar-refractivity contribution in [2.24, 2.45) is 0 Å². The molecular formula is C19H21N3O2S. The third-order valence-corrected chi connectivity index (χ3v) is 4.99. The van der Waals surface area contributed by atoms with E-state index < -0.39 is 0 Å². The van der Waals surface area contributed by atoms with Crippen LogP contribution in [-0.4, -0.2) is 45.0 Å².